The van der Waals surface area contributed by atoms with Gasteiger partial charge in [-0.15, -0.1) is 15.3 Å². The Morgan fingerprint density at radius 3 is 2.69 bits per heavy atom. The Kier molecular flexibility index (Phi) is 4.08. The van der Waals surface area contributed by atoms with Crippen LogP contribution in [0.25, 0.3) is 33.7 Å². The number of furan rings is 1. The lowest BCUT2D eigenvalue weighted by molar-refractivity contribution is 0.116. The molecule has 0 saturated heterocycles. The number of alkyl halides is 2. The molecule has 4 heterocycles. The van der Waals surface area contributed by atoms with Gasteiger partial charge in [-0.2, -0.15) is 8.78 Å². The van der Waals surface area contributed by atoms with Gasteiger partial charge in [0, 0.05) is 17.1 Å². The number of benzene rings is 1. The van der Waals surface area contributed by atoms with Crippen molar-refractivity contribution in [3.63, 3.8) is 0 Å². The number of hydrogen-bond donors (Lipinski definition) is 0. The second-order valence-corrected chi connectivity index (χ2v) is 6.26. The van der Waals surface area contributed by atoms with E-state index in [1.165, 1.54) is 6.20 Å². The fraction of sp³-hybridized carbons (Fsp3) is 0.105. The molecule has 5 aromatic rings. The largest absolute Gasteiger partial charge is 0.464 e. The van der Waals surface area contributed by atoms with E-state index < -0.39 is 12.3 Å². The fourth-order valence-electron chi connectivity index (χ4n) is 2.88. The number of hydrogen-bond acceptors (Lipinski definition) is 7. The Morgan fingerprint density at radius 2 is 1.90 bits per heavy atom. The summed E-state index contributed by atoms with van der Waals surface area (Å²) in [5, 5.41) is 16.2. The summed E-state index contributed by atoms with van der Waals surface area (Å²) in [5.41, 5.74) is 3.65. The van der Waals surface area contributed by atoms with Gasteiger partial charge >= 0.3 is 6.43 Å². The van der Waals surface area contributed by atoms with Gasteiger partial charge in [0.2, 0.25) is 5.89 Å². The van der Waals surface area contributed by atoms with E-state index in [-0.39, 0.29) is 5.89 Å². The molecule has 8 nitrogen and oxygen atoms in total. The minimum atomic E-state index is -2.81. The first-order valence-corrected chi connectivity index (χ1v) is 8.60. The van der Waals surface area contributed by atoms with Gasteiger partial charge in [0.05, 0.1) is 30.3 Å². The van der Waals surface area contributed by atoms with E-state index >= 15 is 0 Å². The Labute approximate surface area is 161 Å². The van der Waals surface area contributed by atoms with Crippen molar-refractivity contribution in [1.82, 2.24) is 30.2 Å². The molecule has 0 atom stereocenters. The average Bonchev–Trinajstić information content (AvgIpc) is 3.48. The molecule has 0 saturated carbocycles. The molecular weight excluding hydrogens is 382 g/mol. The van der Waals surface area contributed by atoms with Crippen LogP contribution in [0.3, 0.4) is 0 Å². The van der Waals surface area contributed by atoms with Crippen molar-refractivity contribution in [3.05, 3.63) is 66.6 Å². The summed E-state index contributed by atoms with van der Waals surface area (Å²) in [6.45, 7) is 0.396. The monoisotopic (exact) mass is 394 g/mol. The molecule has 0 amide bonds. The van der Waals surface area contributed by atoms with Crippen molar-refractivity contribution < 1.29 is 17.6 Å². The van der Waals surface area contributed by atoms with E-state index in [1.807, 2.05) is 30.5 Å². The summed E-state index contributed by atoms with van der Waals surface area (Å²) in [7, 11) is 0. The number of aromatic nitrogens is 6. The molecule has 29 heavy (non-hydrogen) atoms. The van der Waals surface area contributed by atoms with Crippen LogP contribution in [0, 0.1) is 0 Å². The minimum absolute atomic E-state index is 0.00275. The van der Waals surface area contributed by atoms with Gasteiger partial charge in [-0.3, -0.25) is 4.98 Å². The smallest absolute Gasteiger partial charge is 0.314 e. The molecule has 0 unspecified atom stereocenters. The zero-order valence-corrected chi connectivity index (χ0v) is 14.7. The van der Waals surface area contributed by atoms with Gasteiger partial charge in [-0.25, -0.2) is 4.68 Å². The number of fused-ring (bicyclic) bond motifs is 1. The Bertz CT molecular complexity index is 1280. The number of nitrogens with zero attached hydrogens (tertiary/aromatic N) is 6. The van der Waals surface area contributed by atoms with Gasteiger partial charge in [0.25, 0.3) is 5.89 Å². The van der Waals surface area contributed by atoms with E-state index in [0.29, 0.717) is 17.8 Å². The summed E-state index contributed by atoms with van der Waals surface area (Å²) >= 11 is 0. The molecule has 0 fully saturated rings. The van der Waals surface area contributed by atoms with Crippen molar-refractivity contribution in [3.8, 4) is 22.7 Å². The Hall–Kier alpha value is -3.95. The average molecular weight is 394 g/mol. The fourth-order valence-corrected chi connectivity index (χ4v) is 2.88. The third kappa shape index (κ3) is 3.35. The molecule has 0 spiro atoms. The molecule has 1 aromatic carbocycles. The van der Waals surface area contributed by atoms with Crippen molar-refractivity contribution in [2.75, 3.05) is 0 Å². The van der Waals surface area contributed by atoms with Crippen molar-refractivity contribution in [1.29, 1.82) is 0 Å². The first-order chi connectivity index (χ1) is 14.2. The predicted molar refractivity (Wildman–Crippen MR) is 96.8 cm³/mol. The highest BCUT2D eigenvalue weighted by molar-refractivity contribution is 5.82. The zero-order valence-electron chi connectivity index (χ0n) is 14.7. The first kappa shape index (κ1) is 17.2. The Morgan fingerprint density at radius 1 is 1.00 bits per heavy atom. The maximum atomic E-state index is 12.6. The lowest BCUT2D eigenvalue weighted by Crippen LogP contribution is -2.02. The van der Waals surface area contributed by atoms with Crippen LogP contribution < -0.4 is 0 Å². The molecule has 144 valence electrons. The topological polar surface area (TPSA) is 95.7 Å². The summed E-state index contributed by atoms with van der Waals surface area (Å²) in [5.74, 6) is -0.718. The predicted octanol–water partition coefficient (Wildman–Crippen LogP) is 4.12. The molecule has 0 radical (unpaired) electrons. The molecule has 0 aliphatic carbocycles. The second-order valence-electron chi connectivity index (χ2n) is 6.26. The quantitative estimate of drug-likeness (QED) is 0.442. The van der Waals surface area contributed by atoms with E-state index in [0.717, 1.165) is 22.2 Å². The molecule has 4 aromatic heterocycles. The van der Waals surface area contributed by atoms with E-state index in [4.69, 9.17) is 8.83 Å². The van der Waals surface area contributed by atoms with E-state index in [2.05, 4.69) is 25.5 Å². The number of halogens is 2. The molecule has 0 bridgehead atoms. The van der Waals surface area contributed by atoms with Crippen LogP contribution in [-0.2, 0) is 6.54 Å². The number of pyridine rings is 1. The highest BCUT2D eigenvalue weighted by atomic mass is 19.3. The molecule has 10 heteroatoms. The summed E-state index contributed by atoms with van der Waals surface area (Å²) in [4.78, 5) is 4.30. The Balaban J connectivity index is 1.32. The summed E-state index contributed by atoms with van der Waals surface area (Å²) < 4.78 is 37.0. The molecule has 0 N–H and O–H groups in total. The van der Waals surface area contributed by atoms with Gasteiger partial charge in [-0.1, -0.05) is 5.21 Å². The van der Waals surface area contributed by atoms with Crippen molar-refractivity contribution in [2.45, 2.75) is 13.0 Å². The maximum absolute atomic E-state index is 12.6. The van der Waals surface area contributed by atoms with Crippen LogP contribution in [-0.4, -0.2) is 30.2 Å². The third-order valence-electron chi connectivity index (χ3n) is 4.31. The first-order valence-electron chi connectivity index (χ1n) is 8.60. The van der Waals surface area contributed by atoms with Gasteiger partial charge in [0.15, 0.2) is 0 Å². The zero-order chi connectivity index (χ0) is 19.8. The normalized spacial score (nSPS) is 11.6. The minimum Gasteiger partial charge on any atom is -0.464 e. The molecule has 0 aliphatic rings. The van der Waals surface area contributed by atoms with Crippen LogP contribution in [0.4, 0.5) is 8.78 Å². The third-order valence-corrected chi connectivity index (χ3v) is 4.31. The SMILES string of the molecule is FC(F)c1nnc(-c2ccc(Cn3cc(-c4ccc5occc5c4)nn3)nc2)o1. The van der Waals surface area contributed by atoms with Crippen LogP contribution >= 0.6 is 0 Å². The highest BCUT2D eigenvalue weighted by Gasteiger charge is 2.17. The van der Waals surface area contributed by atoms with Crippen LogP contribution in [0.2, 0.25) is 0 Å². The van der Waals surface area contributed by atoms with Gasteiger partial charge in [0.1, 0.15) is 11.3 Å². The second kappa shape index (κ2) is 6.89. The van der Waals surface area contributed by atoms with E-state index in [1.54, 1.807) is 23.1 Å². The number of rotatable bonds is 5. The lowest BCUT2D eigenvalue weighted by Gasteiger charge is -2.01. The van der Waals surface area contributed by atoms with Gasteiger partial charge < -0.3 is 8.83 Å². The molecular formula is C19H12F2N6O2. The maximum Gasteiger partial charge on any atom is 0.314 e. The van der Waals surface area contributed by atoms with Crippen LogP contribution in [0.15, 0.2) is 63.9 Å². The lowest BCUT2D eigenvalue weighted by atomic mass is 10.1. The van der Waals surface area contributed by atoms with Gasteiger partial charge in [-0.05, 0) is 36.4 Å². The molecule has 0 aliphatic heterocycles. The van der Waals surface area contributed by atoms with Crippen molar-refractivity contribution >= 4 is 11.0 Å². The van der Waals surface area contributed by atoms with Crippen LogP contribution in [0.5, 0.6) is 0 Å². The summed E-state index contributed by atoms with van der Waals surface area (Å²) in [6, 6.07) is 11.1. The highest BCUT2D eigenvalue weighted by Crippen LogP contribution is 2.24. The summed E-state index contributed by atoms with van der Waals surface area (Å²) in [6.07, 6.45) is 2.15. The van der Waals surface area contributed by atoms with Crippen molar-refractivity contribution in [2.24, 2.45) is 0 Å². The molecule has 5 rings (SSSR count). The van der Waals surface area contributed by atoms with E-state index in [9.17, 15) is 8.78 Å². The standard InChI is InChI=1S/C19H12F2N6O2/c20-17(21)19-25-24-18(29-19)13-1-3-14(22-8-13)9-27-10-15(23-26-27)11-2-4-16-12(7-11)5-6-28-16/h1-8,10,17H,9H2. The van der Waals surface area contributed by atoms with Crippen LogP contribution in [0.1, 0.15) is 18.0 Å².